The van der Waals surface area contributed by atoms with Gasteiger partial charge in [-0.3, -0.25) is 14.9 Å². The number of tetrazole rings is 1. The van der Waals surface area contributed by atoms with E-state index in [0.717, 1.165) is 0 Å². The molecule has 0 aliphatic carbocycles. The zero-order valence-corrected chi connectivity index (χ0v) is 13.9. The summed E-state index contributed by atoms with van der Waals surface area (Å²) in [5, 5.41) is 32.0. The molecule has 0 saturated heterocycles. The van der Waals surface area contributed by atoms with Crippen molar-refractivity contribution in [2.75, 3.05) is 5.32 Å². The number of fused-ring (bicyclic) bond motifs is 2. The number of hydrogen-bond acceptors (Lipinski definition) is 9. The van der Waals surface area contributed by atoms with Gasteiger partial charge in [-0.05, 0) is 34.7 Å². The predicted molar refractivity (Wildman–Crippen MR) is 94.0 cm³/mol. The van der Waals surface area contributed by atoms with Crippen LogP contribution < -0.4 is 10.9 Å². The van der Waals surface area contributed by atoms with Crippen LogP contribution in [0.1, 0.15) is 17.4 Å². The lowest BCUT2D eigenvalue weighted by molar-refractivity contribution is -0.384. The summed E-state index contributed by atoms with van der Waals surface area (Å²) < 4.78 is 7.05. The molecule has 0 saturated carbocycles. The van der Waals surface area contributed by atoms with Crippen LogP contribution in [0.15, 0.2) is 51.9 Å². The molecule has 0 bridgehead atoms. The second-order valence-corrected chi connectivity index (χ2v) is 5.98. The summed E-state index contributed by atoms with van der Waals surface area (Å²) in [5.74, 6) is 0.784. The molecular formula is C16H10N8O4. The number of nitro groups is 1. The number of nitrogens with zero attached hydrogens (tertiary/aromatic N) is 6. The first-order valence-electron chi connectivity index (χ1n) is 8.09. The van der Waals surface area contributed by atoms with Gasteiger partial charge in [0, 0.05) is 23.3 Å². The molecule has 0 unspecified atom stereocenters. The van der Waals surface area contributed by atoms with Crippen molar-refractivity contribution in [3.05, 3.63) is 74.5 Å². The van der Waals surface area contributed by atoms with E-state index >= 15 is 0 Å². The van der Waals surface area contributed by atoms with Crippen molar-refractivity contribution in [1.29, 1.82) is 0 Å². The number of nitro benzene ring substituents is 1. The van der Waals surface area contributed by atoms with E-state index < -0.39 is 16.5 Å². The third kappa shape index (κ3) is 2.28. The van der Waals surface area contributed by atoms with Crippen molar-refractivity contribution in [2.45, 2.75) is 6.04 Å². The quantitative estimate of drug-likeness (QED) is 0.351. The van der Waals surface area contributed by atoms with Gasteiger partial charge >= 0.3 is 0 Å². The minimum absolute atomic E-state index is 0.0504. The standard InChI is InChI=1S/C16H10N8O4/c25-15-13-11(12(18-19-15)8-3-5-9(6-4-8)24(26)27)14(10-2-1-7-28-10)23-16(17-13)20-21-22-23/h1-7,14H,(H,19,25)(H,17,20,22)/t14-/m0/s1. The molecule has 4 heterocycles. The van der Waals surface area contributed by atoms with Crippen LogP contribution in [0, 0.1) is 10.1 Å². The Morgan fingerprint density at radius 2 is 2.04 bits per heavy atom. The number of benzene rings is 1. The minimum atomic E-state index is -0.642. The molecule has 2 N–H and O–H groups in total. The Bertz CT molecular complexity index is 1240. The van der Waals surface area contributed by atoms with Crippen molar-refractivity contribution < 1.29 is 9.34 Å². The highest BCUT2D eigenvalue weighted by Crippen LogP contribution is 2.41. The average molecular weight is 378 g/mol. The Morgan fingerprint density at radius 1 is 1.21 bits per heavy atom. The molecule has 3 aromatic heterocycles. The van der Waals surface area contributed by atoms with E-state index in [1.165, 1.54) is 23.1 Å². The van der Waals surface area contributed by atoms with Crippen LogP contribution in [-0.2, 0) is 0 Å². The molecule has 0 radical (unpaired) electrons. The number of anilines is 2. The highest BCUT2D eigenvalue weighted by atomic mass is 16.6. The fraction of sp³-hybridized carbons (Fsp3) is 0.0625. The predicted octanol–water partition coefficient (Wildman–Crippen LogP) is 1.62. The van der Waals surface area contributed by atoms with Crippen LogP contribution in [0.3, 0.4) is 0 Å². The number of H-pyrrole nitrogens is 1. The van der Waals surface area contributed by atoms with E-state index in [1.807, 2.05) is 0 Å². The van der Waals surface area contributed by atoms with E-state index in [0.29, 0.717) is 22.6 Å². The van der Waals surface area contributed by atoms with E-state index in [4.69, 9.17) is 4.42 Å². The van der Waals surface area contributed by atoms with Gasteiger partial charge in [-0.2, -0.15) is 9.78 Å². The highest BCUT2D eigenvalue weighted by molar-refractivity contribution is 5.75. The summed E-state index contributed by atoms with van der Waals surface area (Å²) in [7, 11) is 0. The third-order valence-electron chi connectivity index (χ3n) is 4.43. The molecular weight excluding hydrogens is 368 g/mol. The van der Waals surface area contributed by atoms with Crippen molar-refractivity contribution in [3.63, 3.8) is 0 Å². The minimum Gasteiger partial charge on any atom is -0.467 e. The number of rotatable bonds is 3. The highest BCUT2D eigenvalue weighted by Gasteiger charge is 2.35. The SMILES string of the molecule is O=c1[nH]nc(-c2ccc([N+](=O)[O-])cc2)c2c1Nc1nnnn1[C@H]2c1ccco1. The number of aromatic amines is 1. The van der Waals surface area contributed by atoms with Crippen molar-refractivity contribution in [1.82, 2.24) is 30.4 Å². The van der Waals surface area contributed by atoms with Gasteiger partial charge in [0.25, 0.3) is 11.2 Å². The third-order valence-corrected chi connectivity index (χ3v) is 4.43. The molecule has 1 aliphatic heterocycles. The molecule has 5 rings (SSSR count). The van der Waals surface area contributed by atoms with Gasteiger partial charge in [-0.25, -0.2) is 5.10 Å². The Morgan fingerprint density at radius 3 is 2.75 bits per heavy atom. The molecule has 12 nitrogen and oxygen atoms in total. The van der Waals surface area contributed by atoms with Gasteiger partial charge in [0.2, 0.25) is 5.95 Å². The summed E-state index contributed by atoms with van der Waals surface area (Å²) >= 11 is 0. The number of furan rings is 1. The summed E-state index contributed by atoms with van der Waals surface area (Å²) in [6.45, 7) is 0. The molecule has 0 amide bonds. The van der Waals surface area contributed by atoms with Gasteiger partial charge < -0.3 is 9.73 Å². The number of aromatic nitrogens is 6. The zero-order valence-electron chi connectivity index (χ0n) is 13.9. The van der Waals surface area contributed by atoms with Crippen LogP contribution in [0.25, 0.3) is 11.3 Å². The summed E-state index contributed by atoms with van der Waals surface area (Å²) in [6.07, 6.45) is 1.51. The smallest absolute Gasteiger partial charge is 0.288 e. The fourth-order valence-electron chi connectivity index (χ4n) is 3.21. The zero-order chi connectivity index (χ0) is 19.3. The van der Waals surface area contributed by atoms with Crippen LogP contribution in [0.2, 0.25) is 0 Å². The lowest BCUT2D eigenvalue weighted by atomic mass is 9.96. The lowest BCUT2D eigenvalue weighted by Gasteiger charge is -2.26. The Labute approximate surface area is 155 Å². The van der Waals surface area contributed by atoms with E-state index in [-0.39, 0.29) is 17.3 Å². The molecule has 0 fully saturated rings. The fourth-order valence-corrected chi connectivity index (χ4v) is 3.21. The number of hydrogen-bond donors (Lipinski definition) is 2. The summed E-state index contributed by atoms with van der Waals surface area (Å²) in [6, 6.07) is 8.68. The maximum atomic E-state index is 12.5. The topological polar surface area (TPSA) is 158 Å². The second kappa shape index (κ2) is 5.84. The molecule has 0 spiro atoms. The first-order chi connectivity index (χ1) is 13.6. The maximum absolute atomic E-state index is 12.5. The van der Waals surface area contributed by atoms with Gasteiger partial charge in [-0.15, -0.1) is 0 Å². The van der Waals surface area contributed by atoms with Crippen molar-refractivity contribution >= 4 is 17.3 Å². The van der Waals surface area contributed by atoms with Gasteiger partial charge in [0.05, 0.1) is 16.9 Å². The Balaban J connectivity index is 1.77. The Kier molecular flexibility index (Phi) is 3.31. The molecule has 12 heteroatoms. The summed E-state index contributed by atoms with van der Waals surface area (Å²) in [5.41, 5.74) is 1.21. The molecule has 4 aromatic rings. The van der Waals surface area contributed by atoms with Gasteiger partial charge in [-0.1, -0.05) is 5.10 Å². The van der Waals surface area contributed by atoms with Crippen LogP contribution in [0.5, 0.6) is 0 Å². The van der Waals surface area contributed by atoms with Crippen LogP contribution >= 0.6 is 0 Å². The maximum Gasteiger partial charge on any atom is 0.288 e. The normalized spacial score (nSPS) is 14.8. The molecule has 28 heavy (non-hydrogen) atoms. The number of non-ortho nitro benzene ring substituents is 1. The molecule has 1 aromatic carbocycles. The second-order valence-electron chi connectivity index (χ2n) is 5.98. The monoisotopic (exact) mass is 378 g/mol. The van der Waals surface area contributed by atoms with Crippen LogP contribution in [-0.4, -0.2) is 35.3 Å². The van der Waals surface area contributed by atoms with Crippen LogP contribution in [0.4, 0.5) is 17.3 Å². The van der Waals surface area contributed by atoms with E-state index in [9.17, 15) is 14.9 Å². The van der Waals surface area contributed by atoms with Crippen molar-refractivity contribution in [2.24, 2.45) is 0 Å². The van der Waals surface area contributed by atoms with Gasteiger partial charge in [0.1, 0.15) is 17.5 Å². The first kappa shape index (κ1) is 15.9. The molecule has 1 aliphatic rings. The van der Waals surface area contributed by atoms with Crippen molar-refractivity contribution in [3.8, 4) is 11.3 Å². The number of nitrogens with one attached hydrogen (secondary N) is 2. The largest absolute Gasteiger partial charge is 0.467 e. The molecule has 1 atom stereocenters. The van der Waals surface area contributed by atoms with E-state index in [1.54, 1.807) is 24.3 Å². The Hall–Kier alpha value is -4.35. The molecule has 138 valence electrons. The van der Waals surface area contributed by atoms with E-state index in [2.05, 4.69) is 31.0 Å². The lowest BCUT2D eigenvalue weighted by Crippen LogP contribution is -2.28. The van der Waals surface area contributed by atoms with Gasteiger partial charge in [0.15, 0.2) is 0 Å². The first-order valence-corrected chi connectivity index (χ1v) is 8.09. The summed E-state index contributed by atoms with van der Waals surface area (Å²) in [4.78, 5) is 22.9. The average Bonchev–Trinajstić information content (AvgIpc) is 3.39.